The summed E-state index contributed by atoms with van der Waals surface area (Å²) in [6, 6.07) is 9.90. The van der Waals surface area contributed by atoms with E-state index in [-0.39, 0.29) is 41.5 Å². The number of benzene rings is 1. The van der Waals surface area contributed by atoms with E-state index >= 15 is 0 Å². The van der Waals surface area contributed by atoms with Crippen LogP contribution in [0.1, 0.15) is 24.7 Å². The van der Waals surface area contributed by atoms with Crippen LogP contribution < -0.4 is 15.8 Å². The molecule has 0 aliphatic rings. The number of primary sulfonamides is 1. The maximum Gasteiger partial charge on any atom is 0.238 e. The van der Waals surface area contributed by atoms with Crippen LogP contribution >= 0.6 is 24.0 Å². The summed E-state index contributed by atoms with van der Waals surface area (Å²) >= 11 is 0. The number of nitrogens with one attached hydrogen (secondary N) is 2. The van der Waals surface area contributed by atoms with Crippen LogP contribution in [0.4, 0.5) is 0 Å². The molecule has 0 unspecified atom stereocenters. The molecule has 0 fully saturated rings. The first-order valence-corrected chi connectivity index (χ1v) is 10.3. The Hall–Kier alpha value is -1.63. The largest absolute Gasteiger partial charge is 0.469 e. The average Bonchev–Trinajstić information content (AvgIpc) is 3.16. The minimum Gasteiger partial charge on any atom is -0.469 e. The fourth-order valence-corrected chi connectivity index (χ4v) is 2.85. The first-order valence-electron chi connectivity index (χ1n) is 8.72. The van der Waals surface area contributed by atoms with Gasteiger partial charge in [0.25, 0.3) is 0 Å². The van der Waals surface area contributed by atoms with Crippen molar-refractivity contribution in [2.24, 2.45) is 10.1 Å². The molecule has 0 amide bonds. The van der Waals surface area contributed by atoms with Crippen molar-refractivity contribution in [2.75, 3.05) is 13.2 Å². The number of aliphatic imine (C=N–C) groups is 1. The van der Waals surface area contributed by atoms with Gasteiger partial charge in [-0.25, -0.2) is 18.5 Å². The summed E-state index contributed by atoms with van der Waals surface area (Å²) in [7, 11) is -3.70. The van der Waals surface area contributed by atoms with E-state index in [1.807, 2.05) is 19.1 Å². The van der Waals surface area contributed by atoms with Gasteiger partial charge in [0.2, 0.25) is 10.0 Å². The summed E-state index contributed by atoms with van der Waals surface area (Å²) in [6.45, 7) is 2.94. The van der Waals surface area contributed by atoms with E-state index in [9.17, 15) is 13.5 Å². The molecule has 2 aromatic rings. The highest BCUT2D eigenvalue weighted by atomic mass is 127. The number of hydrogen-bond acceptors (Lipinski definition) is 5. The molecule has 0 saturated carbocycles. The fraction of sp³-hybridized carbons (Fsp3) is 0.389. The summed E-state index contributed by atoms with van der Waals surface area (Å²) in [5.41, 5.74) is 0.839. The Morgan fingerprint density at radius 2 is 2.00 bits per heavy atom. The van der Waals surface area contributed by atoms with E-state index in [1.165, 1.54) is 12.1 Å². The second-order valence-electron chi connectivity index (χ2n) is 6.04. The molecule has 0 saturated heterocycles. The highest BCUT2D eigenvalue weighted by Gasteiger charge is 2.09. The first kappa shape index (κ1) is 24.4. The smallest absolute Gasteiger partial charge is 0.238 e. The second kappa shape index (κ2) is 12.0. The zero-order chi connectivity index (χ0) is 19.7. The summed E-state index contributed by atoms with van der Waals surface area (Å²) < 4.78 is 27.9. The van der Waals surface area contributed by atoms with Crippen LogP contribution in [0.2, 0.25) is 0 Å². The first-order chi connectivity index (χ1) is 12.9. The molecule has 0 bridgehead atoms. The number of halogens is 1. The average molecular weight is 522 g/mol. The third kappa shape index (κ3) is 8.17. The van der Waals surface area contributed by atoms with E-state index in [4.69, 9.17) is 9.56 Å². The Morgan fingerprint density at radius 3 is 2.54 bits per heavy atom. The predicted molar refractivity (Wildman–Crippen MR) is 119 cm³/mol. The van der Waals surface area contributed by atoms with Crippen molar-refractivity contribution in [1.82, 2.24) is 10.6 Å². The van der Waals surface area contributed by atoms with Gasteiger partial charge in [0.1, 0.15) is 5.76 Å². The summed E-state index contributed by atoms with van der Waals surface area (Å²) in [5, 5.41) is 20.9. The number of nitrogens with two attached hydrogens (primary N) is 1. The van der Waals surface area contributed by atoms with Gasteiger partial charge in [0, 0.05) is 13.0 Å². The lowest BCUT2D eigenvalue weighted by molar-refractivity contribution is 0.251. The molecule has 1 heterocycles. The number of furan rings is 1. The minimum atomic E-state index is -3.70. The SMILES string of the molecule is CC[C@H](CO)NC(=NCc1ccc(S(N)(=O)=O)cc1)NCCc1ccco1.I. The van der Waals surface area contributed by atoms with Crippen molar-refractivity contribution >= 4 is 40.0 Å². The quantitative estimate of drug-likeness (QED) is 0.225. The Morgan fingerprint density at radius 1 is 1.29 bits per heavy atom. The van der Waals surface area contributed by atoms with Crippen molar-refractivity contribution in [1.29, 1.82) is 0 Å². The van der Waals surface area contributed by atoms with Crippen LogP contribution in [0.5, 0.6) is 0 Å². The fourth-order valence-electron chi connectivity index (χ4n) is 2.34. The van der Waals surface area contributed by atoms with Crippen molar-refractivity contribution in [3.63, 3.8) is 0 Å². The van der Waals surface area contributed by atoms with E-state index in [1.54, 1.807) is 18.4 Å². The lowest BCUT2D eigenvalue weighted by Gasteiger charge is -2.18. The molecule has 2 rings (SSSR count). The van der Waals surface area contributed by atoms with Crippen molar-refractivity contribution in [3.05, 3.63) is 54.0 Å². The van der Waals surface area contributed by atoms with Crippen LogP contribution in [0.25, 0.3) is 0 Å². The summed E-state index contributed by atoms with van der Waals surface area (Å²) in [6.07, 6.45) is 3.08. The third-order valence-electron chi connectivity index (χ3n) is 3.97. The molecule has 10 heteroatoms. The number of guanidine groups is 1. The lowest BCUT2D eigenvalue weighted by atomic mass is 10.2. The van der Waals surface area contributed by atoms with E-state index in [0.717, 1.165) is 17.7 Å². The number of rotatable bonds is 9. The van der Waals surface area contributed by atoms with Crippen LogP contribution in [-0.2, 0) is 23.0 Å². The molecule has 0 aliphatic heterocycles. The molecule has 0 spiro atoms. The molecule has 1 aromatic carbocycles. The van der Waals surface area contributed by atoms with Gasteiger partial charge in [-0.2, -0.15) is 0 Å². The van der Waals surface area contributed by atoms with Gasteiger partial charge in [0.15, 0.2) is 5.96 Å². The Kier molecular flexibility index (Phi) is 10.5. The normalized spacial score (nSPS) is 12.9. The van der Waals surface area contributed by atoms with Crippen LogP contribution in [0.15, 0.2) is 57.0 Å². The monoisotopic (exact) mass is 522 g/mol. The molecule has 1 aromatic heterocycles. The maximum absolute atomic E-state index is 11.3. The molecule has 1 atom stereocenters. The molecular formula is C18H27IN4O4S. The highest BCUT2D eigenvalue weighted by molar-refractivity contribution is 14.0. The molecule has 0 aliphatic carbocycles. The Bertz CT molecular complexity index is 820. The Balaban J connectivity index is 0.00000392. The van der Waals surface area contributed by atoms with E-state index < -0.39 is 10.0 Å². The zero-order valence-electron chi connectivity index (χ0n) is 15.7. The van der Waals surface area contributed by atoms with Gasteiger partial charge >= 0.3 is 0 Å². The van der Waals surface area contributed by atoms with Crippen LogP contribution in [-0.4, -0.2) is 38.7 Å². The van der Waals surface area contributed by atoms with Gasteiger partial charge in [-0.05, 0) is 36.2 Å². The number of nitrogens with zero attached hydrogens (tertiary/aromatic N) is 1. The topological polar surface area (TPSA) is 130 Å². The van der Waals surface area contributed by atoms with Crippen molar-refractivity contribution in [2.45, 2.75) is 37.2 Å². The third-order valence-corrected chi connectivity index (χ3v) is 4.90. The zero-order valence-corrected chi connectivity index (χ0v) is 18.8. The lowest BCUT2D eigenvalue weighted by Crippen LogP contribution is -2.45. The van der Waals surface area contributed by atoms with Crippen molar-refractivity contribution in [3.8, 4) is 0 Å². The molecule has 8 nitrogen and oxygen atoms in total. The standard InChI is InChI=1S/C18H26N4O4S.HI/c1-2-15(13-23)22-18(20-10-9-16-4-3-11-26-16)21-12-14-5-7-17(8-6-14)27(19,24)25;/h3-8,11,15,23H,2,9-10,12-13H2,1H3,(H2,19,24,25)(H2,20,21,22);1H/t15-;/m1./s1. The molecule has 0 radical (unpaired) electrons. The minimum absolute atomic E-state index is 0. The van der Waals surface area contributed by atoms with Gasteiger partial charge < -0.3 is 20.2 Å². The Labute approximate surface area is 182 Å². The van der Waals surface area contributed by atoms with Gasteiger partial charge in [-0.3, -0.25) is 0 Å². The van der Waals surface area contributed by atoms with E-state index in [2.05, 4.69) is 15.6 Å². The summed E-state index contributed by atoms with van der Waals surface area (Å²) in [5.74, 6) is 1.44. The number of hydrogen-bond donors (Lipinski definition) is 4. The second-order valence-corrected chi connectivity index (χ2v) is 7.60. The number of sulfonamides is 1. The van der Waals surface area contributed by atoms with Crippen molar-refractivity contribution < 1.29 is 17.9 Å². The van der Waals surface area contributed by atoms with Crippen LogP contribution in [0, 0.1) is 0 Å². The molecule has 5 N–H and O–H groups in total. The molecular weight excluding hydrogens is 495 g/mol. The number of aliphatic hydroxyl groups excluding tert-OH is 1. The van der Waals surface area contributed by atoms with E-state index in [0.29, 0.717) is 25.5 Å². The maximum atomic E-state index is 11.3. The summed E-state index contributed by atoms with van der Waals surface area (Å²) in [4.78, 5) is 4.58. The van der Waals surface area contributed by atoms with Crippen LogP contribution in [0.3, 0.4) is 0 Å². The molecule has 156 valence electrons. The van der Waals surface area contributed by atoms with Gasteiger partial charge in [-0.1, -0.05) is 19.1 Å². The number of aliphatic hydroxyl groups is 1. The van der Waals surface area contributed by atoms with Gasteiger partial charge in [-0.15, -0.1) is 24.0 Å². The highest BCUT2D eigenvalue weighted by Crippen LogP contribution is 2.09. The predicted octanol–water partition coefficient (Wildman–Crippen LogP) is 1.59. The molecule has 28 heavy (non-hydrogen) atoms. The van der Waals surface area contributed by atoms with Gasteiger partial charge in [0.05, 0.1) is 30.4 Å².